The number of anilines is 2. The Balaban J connectivity index is 1.36. The van der Waals surface area contributed by atoms with E-state index in [4.69, 9.17) is 9.47 Å². The molecule has 204 valence electrons. The Bertz CT molecular complexity index is 1350. The van der Waals surface area contributed by atoms with Gasteiger partial charge in [0.25, 0.3) is 5.91 Å². The zero-order chi connectivity index (χ0) is 28.0. The number of rotatable bonds is 10. The number of allylic oxidation sites excluding steroid dienone is 1. The lowest BCUT2D eigenvalue weighted by Crippen LogP contribution is -2.43. The van der Waals surface area contributed by atoms with E-state index in [0.717, 1.165) is 35.3 Å². The van der Waals surface area contributed by atoms with E-state index in [0.29, 0.717) is 30.3 Å². The number of amides is 3. The highest BCUT2D eigenvalue weighted by molar-refractivity contribution is 5.99. The fourth-order valence-electron chi connectivity index (χ4n) is 4.41. The molecular formula is C32H37N3O4. The van der Waals surface area contributed by atoms with Gasteiger partial charge in [-0.25, -0.2) is 4.79 Å². The summed E-state index contributed by atoms with van der Waals surface area (Å²) in [5.41, 5.74) is 4.77. The quantitative estimate of drug-likeness (QED) is 0.289. The van der Waals surface area contributed by atoms with Crippen LogP contribution >= 0.6 is 0 Å². The van der Waals surface area contributed by atoms with E-state index < -0.39 is 5.54 Å². The molecule has 1 aliphatic rings. The molecule has 1 heterocycles. The summed E-state index contributed by atoms with van der Waals surface area (Å²) in [4.78, 5) is 27.4. The van der Waals surface area contributed by atoms with Gasteiger partial charge in [0, 0.05) is 12.2 Å². The average Bonchev–Trinajstić information content (AvgIpc) is 2.90. The largest absolute Gasteiger partial charge is 0.494 e. The van der Waals surface area contributed by atoms with Crippen LogP contribution in [0.5, 0.6) is 11.5 Å². The molecule has 3 aromatic carbocycles. The maximum Gasteiger partial charge on any atom is 0.319 e. The van der Waals surface area contributed by atoms with Crippen LogP contribution in [0, 0.1) is 6.92 Å². The molecule has 7 nitrogen and oxygen atoms in total. The normalized spacial score (nSPS) is 12.8. The van der Waals surface area contributed by atoms with Crippen molar-refractivity contribution in [1.29, 1.82) is 0 Å². The molecule has 39 heavy (non-hydrogen) atoms. The van der Waals surface area contributed by atoms with Crippen molar-refractivity contribution < 1.29 is 19.1 Å². The first-order valence-electron chi connectivity index (χ1n) is 13.2. The Morgan fingerprint density at radius 3 is 2.59 bits per heavy atom. The lowest BCUT2D eigenvalue weighted by molar-refractivity contribution is -0.121. The van der Waals surface area contributed by atoms with Crippen LogP contribution in [0.25, 0.3) is 5.57 Å². The van der Waals surface area contributed by atoms with Gasteiger partial charge in [-0.1, -0.05) is 48.0 Å². The predicted molar refractivity (Wildman–Crippen MR) is 157 cm³/mol. The first-order chi connectivity index (χ1) is 18.6. The number of unbranched alkanes of at least 4 members (excludes halogenated alkanes) is 1. The minimum Gasteiger partial charge on any atom is -0.494 e. The maximum atomic E-state index is 12.9. The third kappa shape index (κ3) is 7.19. The number of nitrogens with zero attached hydrogens (tertiary/aromatic N) is 1. The Morgan fingerprint density at radius 2 is 1.85 bits per heavy atom. The zero-order valence-corrected chi connectivity index (χ0v) is 23.2. The van der Waals surface area contributed by atoms with Gasteiger partial charge in [0.05, 0.1) is 17.8 Å². The topological polar surface area (TPSA) is 79.9 Å². The molecule has 0 spiro atoms. The molecule has 0 fully saturated rings. The van der Waals surface area contributed by atoms with E-state index in [2.05, 4.69) is 17.2 Å². The van der Waals surface area contributed by atoms with Gasteiger partial charge in [0.1, 0.15) is 11.5 Å². The Hall–Kier alpha value is -4.26. The molecule has 0 aromatic heterocycles. The fraction of sp³-hybridized carbons (Fsp3) is 0.312. The summed E-state index contributed by atoms with van der Waals surface area (Å²) in [7, 11) is 0. The number of carbonyl (C=O) groups excluding carboxylic acids is 2. The van der Waals surface area contributed by atoms with Crippen molar-refractivity contribution in [2.75, 3.05) is 30.0 Å². The Labute approximate surface area is 230 Å². The molecule has 3 aromatic rings. The van der Waals surface area contributed by atoms with Crippen LogP contribution in [0.15, 0.2) is 73.3 Å². The van der Waals surface area contributed by atoms with Crippen molar-refractivity contribution >= 4 is 28.9 Å². The van der Waals surface area contributed by atoms with Crippen LogP contribution in [0.1, 0.15) is 50.3 Å². The summed E-state index contributed by atoms with van der Waals surface area (Å²) in [6.07, 6.45) is 1.57. The average molecular weight is 528 g/mol. The fourth-order valence-corrected chi connectivity index (χ4v) is 4.41. The second kappa shape index (κ2) is 12.1. The predicted octanol–water partition coefficient (Wildman–Crippen LogP) is 6.67. The molecule has 0 saturated carbocycles. The first kappa shape index (κ1) is 27.8. The molecule has 3 amide bonds. The summed E-state index contributed by atoms with van der Waals surface area (Å²) in [5, 5.41) is 5.95. The van der Waals surface area contributed by atoms with Crippen molar-refractivity contribution in [3.63, 3.8) is 0 Å². The van der Waals surface area contributed by atoms with E-state index in [1.165, 1.54) is 5.56 Å². The van der Waals surface area contributed by atoms with Crippen LogP contribution in [0.4, 0.5) is 16.2 Å². The monoisotopic (exact) mass is 527 g/mol. The van der Waals surface area contributed by atoms with Gasteiger partial charge in [-0.2, -0.15) is 0 Å². The highest BCUT2D eigenvalue weighted by Gasteiger charge is 2.27. The van der Waals surface area contributed by atoms with Gasteiger partial charge in [0.2, 0.25) is 0 Å². The summed E-state index contributed by atoms with van der Waals surface area (Å²) in [5.74, 6) is 1.35. The summed E-state index contributed by atoms with van der Waals surface area (Å²) in [6.45, 7) is 13.0. The van der Waals surface area contributed by atoms with E-state index in [9.17, 15) is 9.59 Å². The molecule has 4 rings (SSSR count). The summed E-state index contributed by atoms with van der Waals surface area (Å²) in [6, 6.07) is 20.9. The molecule has 0 unspecified atom stereocenters. The molecule has 7 heteroatoms. The number of nitrogens with one attached hydrogen (secondary N) is 2. The molecule has 0 aliphatic carbocycles. The van der Waals surface area contributed by atoms with E-state index >= 15 is 0 Å². The van der Waals surface area contributed by atoms with Gasteiger partial charge in [-0.05, 0) is 88.1 Å². The SMILES string of the molecule is C=C(C)c1cccc(C(C)(C)NC(=O)Nc2ccc3c(c2)N(CCCCOc2ccc(C)cc2)C(=O)CO3)c1. The van der Waals surface area contributed by atoms with Crippen molar-refractivity contribution in [3.8, 4) is 11.5 Å². The highest BCUT2D eigenvalue weighted by Crippen LogP contribution is 2.35. The van der Waals surface area contributed by atoms with Gasteiger partial charge < -0.3 is 25.0 Å². The minimum absolute atomic E-state index is 0.00242. The molecule has 0 atom stereocenters. The number of fused-ring (bicyclic) bond motifs is 1. The van der Waals surface area contributed by atoms with Crippen LogP contribution in [0.3, 0.4) is 0 Å². The smallest absolute Gasteiger partial charge is 0.319 e. The number of carbonyl (C=O) groups is 2. The third-order valence-corrected chi connectivity index (χ3v) is 6.73. The van der Waals surface area contributed by atoms with Crippen LogP contribution in [-0.4, -0.2) is 31.7 Å². The number of hydrogen-bond acceptors (Lipinski definition) is 4. The van der Waals surface area contributed by atoms with Crippen LogP contribution in [-0.2, 0) is 10.3 Å². The Morgan fingerprint density at radius 1 is 1.08 bits per heavy atom. The maximum absolute atomic E-state index is 12.9. The summed E-state index contributed by atoms with van der Waals surface area (Å²) >= 11 is 0. The second-order valence-electron chi connectivity index (χ2n) is 10.5. The first-order valence-corrected chi connectivity index (χ1v) is 13.2. The standard InChI is InChI=1S/C32H37N3O4/c1-22(2)24-9-8-10-25(19-24)32(4,5)34-31(37)33-26-13-16-29-28(20-26)35(30(36)21-39-29)17-6-7-18-38-27-14-11-23(3)12-15-27/h8-16,19-20H,1,6-7,17-18,21H2,2-5H3,(H2,33,34,37). The van der Waals surface area contributed by atoms with Gasteiger partial charge in [-0.3, -0.25) is 4.79 Å². The van der Waals surface area contributed by atoms with Gasteiger partial charge >= 0.3 is 6.03 Å². The lowest BCUT2D eigenvalue weighted by atomic mass is 9.92. The van der Waals surface area contributed by atoms with Crippen molar-refractivity contribution in [1.82, 2.24) is 5.32 Å². The third-order valence-electron chi connectivity index (χ3n) is 6.73. The molecule has 0 bridgehead atoms. The summed E-state index contributed by atoms with van der Waals surface area (Å²) < 4.78 is 11.5. The number of ether oxygens (including phenoxy) is 2. The van der Waals surface area contributed by atoms with E-state index in [1.54, 1.807) is 23.1 Å². The highest BCUT2D eigenvalue weighted by atomic mass is 16.5. The van der Waals surface area contributed by atoms with Crippen molar-refractivity contribution in [2.45, 2.75) is 46.1 Å². The number of benzene rings is 3. The van der Waals surface area contributed by atoms with Crippen molar-refractivity contribution in [3.05, 3.63) is 90.0 Å². The molecule has 1 aliphatic heterocycles. The van der Waals surface area contributed by atoms with Gasteiger partial charge in [0.15, 0.2) is 6.61 Å². The van der Waals surface area contributed by atoms with E-state index in [1.807, 2.05) is 76.2 Å². The second-order valence-corrected chi connectivity index (χ2v) is 10.5. The number of hydrogen-bond donors (Lipinski definition) is 2. The van der Waals surface area contributed by atoms with Crippen LogP contribution < -0.4 is 25.0 Å². The molecule has 0 radical (unpaired) electrons. The van der Waals surface area contributed by atoms with Crippen LogP contribution in [0.2, 0.25) is 0 Å². The molecule has 0 saturated heterocycles. The lowest BCUT2D eigenvalue weighted by Gasteiger charge is -2.30. The van der Waals surface area contributed by atoms with Crippen molar-refractivity contribution in [2.24, 2.45) is 0 Å². The number of urea groups is 1. The molecular weight excluding hydrogens is 490 g/mol. The zero-order valence-electron chi connectivity index (χ0n) is 23.2. The molecule has 2 N–H and O–H groups in total. The van der Waals surface area contributed by atoms with E-state index in [-0.39, 0.29) is 18.5 Å². The minimum atomic E-state index is -0.616. The Kier molecular flexibility index (Phi) is 8.59. The number of aryl methyl sites for hydroxylation is 1. The van der Waals surface area contributed by atoms with Gasteiger partial charge in [-0.15, -0.1) is 0 Å².